The average Bonchev–Trinajstić information content (AvgIpc) is 2.86. The Kier molecular flexibility index (Phi) is 5.70. The van der Waals surface area contributed by atoms with Crippen LogP contribution < -0.4 is 5.32 Å². The lowest BCUT2D eigenvalue weighted by molar-refractivity contribution is 0.0472. The molecule has 0 aliphatic carbocycles. The van der Waals surface area contributed by atoms with Crippen LogP contribution in [0.25, 0.3) is 10.1 Å². The van der Waals surface area contributed by atoms with E-state index in [1.165, 1.54) is 15.1 Å². The molecule has 110 valence electrons. The molecule has 0 radical (unpaired) electrons. The molecule has 1 unspecified atom stereocenters. The number of nitrogens with one attached hydrogen (secondary N) is 1. The molecule has 2 aromatic rings. The van der Waals surface area contributed by atoms with E-state index in [4.69, 9.17) is 27.9 Å². The van der Waals surface area contributed by atoms with Gasteiger partial charge in [0.1, 0.15) is 6.10 Å². The molecule has 1 aliphatic rings. The molecular formula is C15H19Cl2NOS. The summed E-state index contributed by atoms with van der Waals surface area (Å²) in [6.45, 7) is 5.57. The molecule has 2 heterocycles. The standard InChI is InChI=1S/C13H13Cl2NOS.C2H6/c1-16-6-9-13-7(4-5-17-9)11-10(18-13)3-2-8(14)12(11)15;1-2/h2-3,9,16H,4-6H2,1H3;1-2H3. The van der Waals surface area contributed by atoms with Crippen LogP contribution >= 0.6 is 34.5 Å². The summed E-state index contributed by atoms with van der Waals surface area (Å²) in [5, 5.41) is 5.59. The second-order valence-corrected chi connectivity index (χ2v) is 6.22. The molecule has 0 spiro atoms. The van der Waals surface area contributed by atoms with E-state index in [1.54, 1.807) is 11.3 Å². The number of likely N-dealkylation sites (N-methyl/N-ethyl adjacent to an activating group) is 1. The molecule has 1 aromatic heterocycles. The number of ether oxygens (including phenoxy) is 1. The molecule has 20 heavy (non-hydrogen) atoms. The number of thiophene rings is 1. The minimum absolute atomic E-state index is 0.131. The van der Waals surface area contributed by atoms with Crippen molar-refractivity contribution in [2.24, 2.45) is 0 Å². The van der Waals surface area contributed by atoms with E-state index in [0.29, 0.717) is 10.0 Å². The molecular weight excluding hydrogens is 313 g/mol. The van der Waals surface area contributed by atoms with E-state index in [1.807, 2.05) is 33.0 Å². The van der Waals surface area contributed by atoms with Crippen LogP contribution in [0.1, 0.15) is 30.4 Å². The van der Waals surface area contributed by atoms with Gasteiger partial charge in [-0.25, -0.2) is 0 Å². The van der Waals surface area contributed by atoms with Crippen LogP contribution in [-0.4, -0.2) is 20.2 Å². The van der Waals surface area contributed by atoms with Gasteiger partial charge in [0.15, 0.2) is 0 Å². The first kappa shape index (κ1) is 16.1. The highest BCUT2D eigenvalue weighted by atomic mass is 35.5. The Bertz CT molecular complexity index is 597. The number of rotatable bonds is 2. The molecule has 1 aliphatic heterocycles. The first-order valence-corrected chi connectivity index (χ1v) is 8.45. The summed E-state index contributed by atoms with van der Waals surface area (Å²) in [6.07, 6.45) is 1.04. The van der Waals surface area contributed by atoms with Gasteiger partial charge in [0.05, 0.1) is 16.7 Å². The normalized spacial score (nSPS) is 17.6. The molecule has 0 fully saturated rings. The molecule has 1 aromatic carbocycles. The lowest BCUT2D eigenvalue weighted by atomic mass is 10.0. The maximum atomic E-state index is 6.35. The van der Waals surface area contributed by atoms with Crippen molar-refractivity contribution in [2.45, 2.75) is 26.4 Å². The summed E-state index contributed by atoms with van der Waals surface area (Å²) in [5.74, 6) is 0. The Balaban J connectivity index is 0.000000704. The Morgan fingerprint density at radius 3 is 2.80 bits per heavy atom. The van der Waals surface area contributed by atoms with Crippen LogP contribution in [0.3, 0.4) is 0 Å². The lowest BCUT2D eigenvalue weighted by Crippen LogP contribution is -2.23. The molecule has 0 bridgehead atoms. The zero-order valence-corrected chi connectivity index (χ0v) is 14.3. The molecule has 0 amide bonds. The van der Waals surface area contributed by atoms with Crippen molar-refractivity contribution in [3.05, 3.63) is 32.6 Å². The summed E-state index contributed by atoms with van der Waals surface area (Å²) in [5.41, 5.74) is 1.31. The van der Waals surface area contributed by atoms with Crippen LogP contribution in [0.4, 0.5) is 0 Å². The predicted octanol–water partition coefficient (Wildman–Crippen LogP) is 5.07. The van der Waals surface area contributed by atoms with Gasteiger partial charge < -0.3 is 10.1 Å². The van der Waals surface area contributed by atoms with Crippen LogP contribution in [0.5, 0.6) is 0 Å². The van der Waals surface area contributed by atoms with Gasteiger partial charge in [0, 0.05) is 21.5 Å². The van der Waals surface area contributed by atoms with E-state index >= 15 is 0 Å². The second-order valence-electron chi connectivity index (χ2n) is 4.35. The third kappa shape index (κ3) is 2.83. The van der Waals surface area contributed by atoms with Gasteiger partial charge in [-0.1, -0.05) is 37.0 Å². The monoisotopic (exact) mass is 331 g/mol. The Morgan fingerprint density at radius 1 is 1.35 bits per heavy atom. The molecule has 0 saturated heterocycles. The van der Waals surface area contributed by atoms with E-state index in [0.717, 1.165) is 25.0 Å². The van der Waals surface area contributed by atoms with Crippen molar-refractivity contribution < 1.29 is 4.74 Å². The maximum Gasteiger partial charge on any atom is 0.104 e. The maximum absolute atomic E-state index is 6.35. The van der Waals surface area contributed by atoms with Gasteiger partial charge in [-0.2, -0.15) is 0 Å². The minimum Gasteiger partial charge on any atom is -0.371 e. The molecule has 5 heteroatoms. The van der Waals surface area contributed by atoms with Gasteiger partial charge in [0.2, 0.25) is 0 Å². The zero-order valence-electron chi connectivity index (χ0n) is 11.9. The van der Waals surface area contributed by atoms with Gasteiger partial charge in [-0.05, 0) is 31.2 Å². The summed E-state index contributed by atoms with van der Waals surface area (Å²) >= 11 is 14.2. The van der Waals surface area contributed by atoms with E-state index < -0.39 is 0 Å². The van der Waals surface area contributed by atoms with E-state index in [2.05, 4.69) is 5.32 Å². The second kappa shape index (κ2) is 7.10. The van der Waals surface area contributed by atoms with Crippen molar-refractivity contribution >= 4 is 44.6 Å². The number of benzene rings is 1. The third-order valence-corrected chi connectivity index (χ3v) is 5.32. The van der Waals surface area contributed by atoms with Gasteiger partial charge in [0.25, 0.3) is 0 Å². The Hall–Kier alpha value is -0.320. The fourth-order valence-electron chi connectivity index (χ4n) is 2.43. The Labute approximate surface area is 134 Å². The van der Waals surface area contributed by atoms with Gasteiger partial charge >= 0.3 is 0 Å². The van der Waals surface area contributed by atoms with Crippen molar-refractivity contribution in [3.63, 3.8) is 0 Å². The fraction of sp³-hybridized carbons (Fsp3) is 0.467. The number of fused-ring (bicyclic) bond motifs is 3. The van der Waals surface area contributed by atoms with Crippen molar-refractivity contribution in [1.29, 1.82) is 0 Å². The predicted molar refractivity (Wildman–Crippen MR) is 89.5 cm³/mol. The van der Waals surface area contributed by atoms with E-state index in [9.17, 15) is 0 Å². The fourth-order valence-corrected chi connectivity index (χ4v) is 4.23. The summed E-state index contributed by atoms with van der Waals surface area (Å²) < 4.78 is 7.01. The van der Waals surface area contributed by atoms with Crippen molar-refractivity contribution in [3.8, 4) is 0 Å². The lowest BCUT2D eigenvalue weighted by Gasteiger charge is -2.23. The van der Waals surface area contributed by atoms with Crippen LogP contribution in [0.2, 0.25) is 10.0 Å². The number of hydrogen-bond acceptors (Lipinski definition) is 3. The van der Waals surface area contributed by atoms with Crippen LogP contribution in [0, 0.1) is 0 Å². The first-order chi connectivity index (χ1) is 9.72. The summed E-state index contributed by atoms with van der Waals surface area (Å²) in [6, 6.07) is 3.91. The minimum atomic E-state index is 0.131. The van der Waals surface area contributed by atoms with Crippen LogP contribution in [-0.2, 0) is 11.2 Å². The molecule has 1 N–H and O–H groups in total. The smallest absolute Gasteiger partial charge is 0.104 e. The van der Waals surface area contributed by atoms with Crippen LogP contribution in [0.15, 0.2) is 12.1 Å². The molecule has 0 saturated carbocycles. The molecule has 3 rings (SSSR count). The van der Waals surface area contributed by atoms with Gasteiger partial charge in [-0.3, -0.25) is 0 Å². The number of halogens is 2. The highest BCUT2D eigenvalue weighted by molar-refractivity contribution is 7.19. The summed E-state index contributed by atoms with van der Waals surface area (Å²) in [4.78, 5) is 1.29. The quantitative estimate of drug-likeness (QED) is 0.829. The average molecular weight is 332 g/mol. The van der Waals surface area contributed by atoms with E-state index in [-0.39, 0.29) is 6.10 Å². The SMILES string of the molecule is CC.CNCC1OCCc2c1sc1ccc(Cl)c(Cl)c21. The van der Waals surface area contributed by atoms with Crippen molar-refractivity contribution in [1.82, 2.24) is 5.32 Å². The molecule has 2 nitrogen and oxygen atoms in total. The van der Waals surface area contributed by atoms with Gasteiger partial charge in [-0.15, -0.1) is 11.3 Å². The highest BCUT2D eigenvalue weighted by Gasteiger charge is 2.26. The highest BCUT2D eigenvalue weighted by Crippen LogP contribution is 2.44. The summed E-state index contributed by atoms with van der Waals surface area (Å²) in [7, 11) is 1.94. The topological polar surface area (TPSA) is 21.3 Å². The third-order valence-electron chi connectivity index (χ3n) is 3.23. The zero-order chi connectivity index (χ0) is 14.7. The molecule has 1 atom stereocenters. The van der Waals surface area contributed by atoms with Crippen molar-refractivity contribution in [2.75, 3.05) is 20.2 Å². The Morgan fingerprint density at radius 2 is 2.10 bits per heavy atom. The largest absolute Gasteiger partial charge is 0.371 e. The first-order valence-electron chi connectivity index (χ1n) is 6.88. The number of hydrogen-bond donors (Lipinski definition) is 1.